The first-order valence-electron chi connectivity index (χ1n) is 7.34. The van der Waals surface area contributed by atoms with E-state index in [2.05, 4.69) is 12.2 Å². The van der Waals surface area contributed by atoms with Crippen molar-refractivity contribution in [3.05, 3.63) is 29.8 Å². The fourth-order valence-corrected chi connectivity index (χ4v) is 2.33. The van der Waals surface area contributed by atoms with Gasteiger partial charge in [-0.15, -0.1) is 0 Å². The quantitative estimate of drug-likeness (QED) is 0.615. The summed E-state index contributed by atoms with van der Waals surface area (Å²) in [5.74, 6) is 1.23. The number of methoxy groups -OCH3 is 1. The summed E-state index contributed by atoms with van der Waals surface area (Å²) in [4.78, 5) is 0. The van der Waals surface area contributed by atoms with E-state index in [1.54, 1.807) is 7.11 Å². The van der Waals surface area contributed by atoms with Crippen molar-refractivity contribution in [2.24, 2.45) is 5.92 Å². The van der Waals surface area contributed by atoms with Gasteiger partial charge in [-0.25, -0.2) is 0 Å². The van der Waals surface area contributed by atoms with E-state index in [1.165, 1.54) is 0 Å². The standard InChI is InChI=1S/C16H27NO3/c1-3-5-13(8-9-18)11-17-12-16(19)14-6-4-7-15(10-14)20-2/h4,6-7,10,13,16-19H,3,5,8-9,11-12H2,1-2H3. The molecule has 0 aliphatic carbocycles. The minimum absolute atomic E-state index is 0.227. The van der Waals surface area contributed by atoms with Crippen LogP contribution in [0.5, 0.6) is 5.75 Å². The topological polar surface area (TPSA) is 61.7 Å². The van der Waals surface area contributed by atoms with Gasteiger partial charge in [0.15, 0.2) is 0 Å². The van der Waals surface area contributed by atoms with E-state index in [0.29, 0.717) is 12.5 Å². The molecule has 0 bridgehead atoms. The van der Waals surface area contributed by atoms with Gasteiger partial charge >= 0.3 is 0 Å². The lowest BCUT2D eigenvalue weighted by Crippen LogP contribution is -2.28. The highest BCUT2D eigenvalue weighted by atomic mass is 16.5. The average molecular weight is 281 g/mol. The van der Waals surface area contributed by atoms with E-state index in [9.17, 15) is 5.11 Å². The van der Waals surface area contributed by atoms with Gasteiger partial charge in [0.2, 0.25) is 0 Å². The minimum Gasteiger partial charge on any atom is -0.497 e. The van der Waals surface area contributed by atoms with E-state index in [4.69, 9.17) is 9.84 Å². The van der Waals surface area contributed by atoms with Crippen molar-refractivity contribution in [3.63, 3.8) is 0 Å². The second-order valence-electron chi connectivity index (χ2n) is 5.12. The Labute approximate surface area is 121 Å². The maximum absolute atomic E-state index is 10.1. The molecule has 0 aliphatic rings. The molecule has 2 atom stereocenters. The summed E-state index contributed by atoms with van der Waals surface area (Å²) in [6.45, 7) is 3.72. The molecule has 0 aromatic heterocycles. The van der Waals surface area contributed by atoms with Gasteiger partial charge in [-0.05, 0) is 43.0 Å². The van der Waals surface area contributed by atoms with E-state index >= 15 is 0 Å². The van der Waals surface area contributed by atoms with Crippen LogP contribution in [0.15, 0.2) is 24.3 Å². The summed E-state index contributed by atoms with van der Waals surface area (Å²) < 4.78 is 5.15. The van der Waals surface area contributed by atoms with E-state index in [1.807, 2.05) is 24.3 Å². The van der Waals surface area contributed by atoms with Crippen molar-refractivity contribution < 1.29 is 14.9 Å². The monoisotopic (exact) mass is 281 g/mol. The van der Waals surface area contributed by atoms with Gasteiger partial charge in [-0.2, -0.15) is 0 Å². The van der Waals surface area contributed by atoms with Crippen LogP contribution in [-0.2, 0) is 0 Å². The van der Waals surface area contributed by atoms with E-state index in [0.717, 1.165) is 37.1 Å². The van der Waals surface area contributed by atoms with Gasteiger partial charge in [0.25, 0.3) is 0 Å². The highest BCUT2D eigenvalue weighted by Crippen LogP contribution is 2.18. The average Bonchev–Trinajstić information content (AvgIpc) is 2.47. The summed E-state index contributed by atoms with van der Waals surface area (Å²) in [7, 11) is 1.62. The molecule has 4 heteroatoms. The maximum atomic E-state index is 10.1. The van der Waals surface area contributed by atoms with Crippen LogP contribution < -0.4 is 10.1 Å². The Morgan fingerprint density at radius 3 is 2.70 bits per heavy atom. The first-order chi connectivity index (χ1) is 9.71. The van der Waals surface area contributed by atoms with Gasteiger partial charge in [0.1, 0.15) is 5.75 Å². The van der Waals surface area contributed by atoms with Gasteiger partial charge in [-0.1, -0.05) is 25.5 Å². The zero-order valence-electron chi connectivity index (χ0n) is 12.5. The smallest absolute Gasteiger partial charge is 0.119 e. The van der Waals surface area contributed by atoms with Crippen LogP contribution in [0.1, 0.15) is 37.9 Å². The van der Waals surface area contributed by atoms with Crippen LogP contribution in [0.4, 0.5) is 0 Å². The molecular weight excluding hydrogens is 254 g/mol. The van der Waals surface area contributed by atoms with Crippen LogP contribution in [0.2, 0.25) is 0 Å². The predicted molar refractivity (Wildman–Crippen MR) is 80.9 cm³/mol. The molecule has 1 aromatic carbocycles. The number of hydrogen-bond donors (Lipinski definition) is 3. The molecular formula is C16H27NO3. The molecule has 0 aliphatic heterocycles. The van der Waals surface area contributed by atoms with Crippen LogP contribution in [0.25, 0.3) is 0 Å². The molecule has 0 radical (unpaired) electrons. The molecule has 3 N–H and O–H groups in total. The zero-order valence-corrected chi connectivity index (χ0v) is 12.5. The van der Waals surface area contributed by atoms with Crippen LogP contribution >= 0.6 is 0 Å². The number of benzene rings is 1. The molecule has 20 heavy (non-hydrogen) atoms. The lowest BCUT2D eigenvalue weighted by molar-refractivity contribution is 0.169. The second kappa shape index (κ2) is 9.75. The fourth-order valence-electron chi connectivity index (χ4n) is 2.33. The predicted octanol–water partition coefficient (Wildman–Crippen LogP) is 2.12. The molecule has 0 spiro atoms. The molecule has 0 fully saturated rings. The van der Waals surface area contributed by atoms with Crippen LogP contribution in [0, 0.1) is 5.92 Å². The molecule has 0 heterocycles. The molecule has 1 rings (SSSR count). The summed E-state index contributed by atoms with van der Waals surface area (Å²) >= 11 is 0. The normalized spacial score (nSPS) is 14.0. The van der Waals surface area contributed by atoms with Gasteiger partial charge in [0, 0.05) is 13.2 Å². The highest BCUT2D eigenvalue weighted by Gasteiger charge is 2.11. The minimum atomic E-state index is -0.540. The molecule has 0 amide bonds. The third-order valence-electron chi connectivity index (χ3n) is 3.48. The van der Waals surface area contributed by atoms with Gasteiger partial charge in [0.05, 0.1) is 13.2 Å². The third kappa shape index (κ3) is 5.90. The molecule has 114 valence electrons. The third-order valence-corrected chi connectivity index (χ3v) is 3.48. The summed E-state index contributed by atoms with van der Waals surface area (Å²) in [5, 5.41) is 22.5. The fraction of sp³-hybridized carbons (Fsp3) is 0.625. The zero-order chi connectivity index (χ0) is 14.8. The Balaban J connectivity index is 2.39. The van der Waals surface area contributed by atoms with Crippen molar-refractivity contribution in [2.75, 3.05) is 26.8 Å². The molecule has 2 unspecified atom stereocenters. The number of ether oxygens (including phenoxy) is 1. The number of hydrogen-bond acceptors (Lipinski definition) is 4. The number of aliphatic hydroxyl groups is 2. The van der Waals surface area contributed by atoms with Crippen molar-refractivity contribution in [1.82, 2.24) is 5.32 Å². The SMILES string of the molecule is CCCC(CCO)CNCC(O)c1cccc(OC)c1. The largest absolute Gasteiger partial charge is 0.497 e. The van der Waals surface area contributed by atoms with Crippen LogP contribution in [-0.4, -0.2) is 37.0 Å². The molecule has 0 saturated heterocycles. The Hall–Kier alpha value is -1.10. The Kier molecular flexibility index (Phi) is 8.26. The summed E-state index contributed by atoms with van der Waals surface area (Å²) in [6.07, 6.45) is 2.49. The lowest BCUT2D eigenvalue weighted by atomic mass is 10.00. The Morgan fingerprint density at radius 2 is 2.05 bits per heavy atom. The van der Waals surface area contributed by atoms with Crippen molar-refractivity contribution in [2.45, 2.75) is 32.3 Å². The maximum Gasteiger partial charge on any atom is 0.119 e. The molecule has 1 aromatic rings. The van der Waals surface area contributed by atoms with Crippen molar-refractivity contribution >= 4 is 0 Å². The Morgan fingerprint density at radius 1 is 1.25 bits per heavy atom. The number of aliphatic hydroxyl groups excluding tert-OH is 2. The second-order valence-corrected chi connectivity index (χ2v) is 5.12. The van der Waals surface area contributed by atoms with Crippen LogP contribution in [0.3, 0.4) is 0 Å². The first kappa shape index (κ1) is 17.0. The number of rotatable bonds is 10. The molecule has 0 saturated carbocycles. The highest BCUT2D eigenvalue weighted by molar-refractivity contribution is 5.29. The van der Waals surface area contributed by atoms with E-state index < -0.39 is 6.10 Å². The lowest BCUT2D eigenvalue weighted by Gasteiger charge is -2.18. The molecule has 4 nitrogen and oxygen atoms in total. The van der Waals surface area contributed by atoms with Gasteiger partial charge < -0.3 is 20.3 Å². The first-order valence-corrected chi connectivity index (χ1v) is 7.34. The van der Waals surface area contributed by atoms with Gasteiger partial charge in [-0.3, -0.25) is 0 Å². The summed E-state index contributed by atoms with van der Waals surface area (Å²) in [5.41, 5.74) is 0.853. The van der Waals surface area contributed by atoms with E-state index in [-0.39, 0.29) is 6.61 Å². The van der Waals surface area contributed by atoms with Crippen molar-refractivity contribution in [1.29, 1.82) is 0 Å². The number of nitrogens with one attached hydrogen (secondary N) is 1. The Bertz CT molecular complexity index is 364. The van der Waals surface area contributed by atoms with Crippen molar-refractivity contribution in [3.8, 4) is 5.75 Å². The summed E-state index contributed by atoms with van der Waals surface area (Å²) in [6, 6.07) is 7.49.